The third kappa shape index (κ3) is 6.21. The zero-order chi connectivity index (χ0) is 24.8. The summed E-state index contributed by atoms with van der Waals surface area (Å²) in [6.07, 6.45) is 0. The number of thioether (sulfide) groups is 1. The van der Waals surface area contributed by atoms with E-state index in [0.717, 1.165) is 55.2 Å². The van der Waals surface area contributed by atoms with Crippen LogP contribution in [0.5, 0.6) is 0 Å². The van der Waals surface area contributed by atoms with Crippen LogP contribution < -0.4 is 10.2 Å². The topological polar surface area (TPSA) is 72.3 Å². The van der Waals surface area contributed by atoms with Crippen LogP contribution in [0, 0.1) is 32.1 Å². The van der Waals surface area contributed by atoms with E-state index in [1.54, 1.807) is 0 Å². The number of hydrogen-bond acceptors (Lipinski definition) is 6. The summed E-state index contributed by atoms with van der Waals surface area (Å²) in [5.74, 6) is 0.0909. The van der Waals surface area contributed by atoms with E-state index in [9.17, 15) is 10.1 Å². The predicted molar refractivity (Wildman–Crippen MR) is 143 cm³/mol. The van der Waals surface area contributed by atoms with Gasteiger partial charge >= 0.3 is 0 Å². The smallest absolute Gasteiger partial charge is 0.234 e. The highest BCUT2D eigenvalue weighted by atomic mass is 32.2. The molecule has 2 aromatic carbocycles. The van der Waals surface area contributed by atoms with Crippen molar-refractivity contribution in [2.45, 2.75) is 32.3 Å². The van der Waals surface area contributed by atoms with Crippen LogP contribution in [0.15, 0.2) is 59.6 Å². The van der Waals surface area contributed by atoms with Gasteiger partial charge in [-0.25, -0.2) is 4.98 Å². The van der Waals surface area contributed by atoms with E-state index in [1.807, 2.05) is 32.9 Å². The molecule has 6 nitrogen and oxygen atoms in total. The first-order valence-electron chi connectivity index (χ1n) is 11.9. The van der Waals surface area contributed by atoms with Crippen molar-refractivity contribution in [2.75, 3.05) is 42.1 Å². The zero-order valence-electron chi connectivity index (χ0n) is 20.5. The molecule has 1 fully saturated rings. The minimum Gasteiger partial charge on any atom is -0.369 e. The van der Waals surface area contributed by atoms with Gasteiger partial charge in [0, 0.05) is 49.8 Å². The number of aryl methyl sites for hydroxylation is 1. The fraction of sp³-hybridized carbons (Fsp3) is 0.321. The van der Waals surface area contributed by atoms with Gasteiger partial charge in [-0.1, -0.05) is 42.1 Å². The van der Waals surface area contributed by atoms with Gasteiger partial charge in [0.1, 0.15) is 11.1 Å². The van der Waals surface area contributed by atoms with Gasteiger partial charge in [0.2, 0.25) is 5.91 Å². The average molecular weight is 486 g/mol. The van der Waals surface area contributed by atoms with Crippen molar-refractivity contribution < 1.29 is 4.79 Å². The lowest BCUT2D eigenvalue weighted by Crippen LogP contribution is -2.45. The van der Waals surface area contributed by atoms with Crippen LogP contribution in [-0.2, 0) is 11.3 Å². The van der Waals surface area contributed by atoms with Gasteiger partial charge in [-0.05, 0) is 61.7 Å². The summed E-state index contributed by atoms with van der Waals surface area (Å²) < 4.78 is 0. The third-order valence-corrected chi connectivity index (χ3v) is 7.53. The predicted octanol–water partition coefficient (Wildman–Crippen LogP) is 4.93. The summed E-state index contributed by atoms with van der Waals surface area (Å²) in [6, 6.07) is 20.9. The van der Waals surface area contributed by atoms with E-state index < -0.39 is 0 Å². The Morgan fingerprint density at radius 1 is 1.00 bits per heavy atom. The van der Waals surface area contributed by atoms with Crippen molar-refractivity contribution in [1.29, 1.82) is 5.26 Å². The van der Waals surface area contributed by atoms with E-state index >= 15 is 0 Å². The highest BCUT2D eigenvalue weighted by Crippen LogP contribution is 2.27. The van der Waals surface area contributed by atoms with Crippen LogP contribution in [0.3, 0.4) is 0 Å². The second-order valence-corrected chi connectivity index (χ2v) is 9.84. The minimum atomic E-state index is -0.112. The number of piperazine rings is 1. The van der Waals surface area contributed by atoms with Crippen molar-refractivity contribution in [2.24, 2.45) is 0 Å². The molecule has 3 aromatic rings. The maximum Gasteiger partial charge on any atom is 0.234 e. The Morgan fingerprint density at radius 2 is 1.69 bits per heavy atom. The van der Waals surface area contributed by atoms with Crippen LogP contribution in [0.2, 0.25) is 0 Å². The number of benzene rings is 2. The standard InChI is InChI=1S/C28H31N5OS/c1-20-21(2)26(17-29)28(30-22(20)3)35-19-27(34)31-24-9-11-25(12-10-24)33-15-13-32(14-16-33)18-23-7-5-4-6-8-23/h4-12H,13-16,18-19H2,1-3H3,(H,31,34). The molecule has 1 saturated heterocycles. The van der Waals surface area contributed by atoms with Crippen LogP contribution in [0.4, 0.5) is 11.4 Å². The van der Waals surface area contributed by atoms with Gasteiger partial charge in [-0.2, -0.15) is 5.26 Å². The Morgan fingerprint density at radius 3 is 2.34 bits per heavy atom. The number of anilines is 2. The first kappa shape index (κ1) is 24.8. The SMILES string of the molecule is Cc1nc(SCC(=O)Nc2ccc(N3CCN(Cc4ccccc4)CC3)cc2)c(C#N)c(C)c1C. The Kier molecular flexibility index (Phi) is 8.06. The molecule has 0 aliphatic carbocycles. The molecule has 0 atom stereocenters. The lowest BCUT2D eigenvalue weighted by molar-refractivity contribution is -0.113. The number of carbonyl (C=O) groups is 1. The summed E-state index contributed by atoms with van der Waals surface area (Å²) in [7, 11) is 0. The Labute approximate surface area is 212 Å². The number of hydrogen-bond donors (Lipinski definition) is 1. The molecule has 1 N–H and O–H groups in total. The number of nitrogens with one attached hydrogen (secondary N) is 1. The minimum absolute atomic E-state index is 0.112. The molecule has 0 unspecified atom stereocenters. The summed E-state index contributed by atoms with van der Waals surface area (Å²) in [4.78, 5) is 21.9. The molecular weight excluding hydrogens is 454 g/mol. The lowest BCUT2D eigenvalue weighted by atomic mass is 10.1. The van der Waals surface area contributed by atoms with Crippen LogP contribution in [-0.4, -0.2) is 47.7 Å². The van der Waals surface area contributed by atoms with E-state index in [2.05, 4.69) is 68.6 Å². The van der Waals surface area contributed by atoms with Crippen molar-refractivity contribution in [3.63, 3.8) is 0 Å². The Bertz CT molecular complexity index is 1210. The zero-order valence-corrected chi connectivity index (χ0v) is 21.4. The van der Waals surface area contributed by atoms with Gasteiger partial charge in [-0.3, -0.25) is 9.69 Å². The Hall–Kier alpha value is -3.34. The molecule has 0 spiro atoms. The molecule has 1 aromatic heterocycles. The van der Waals surface area contributed by atoms with E-state index in [4.69, 9.17) is 0 Å². The molecule has 0 saturated carbocycles. The maximum absolute atomic E-state index is 12.5. The molecule has 7 heteroatoms. The van der Waals surface area contributed by atoms with Crippen molar-refractivity contribution in [1.82, 2.24) is 9.88 Å². The van der Waals surface area contributed by atoms with Crippen molar-refractivity contribution in [3.05, 3.63) is 82.5 Å². The Balaban J connectivity index is 1.27. The molecule has 4 rings (SSSR count). The summed E-state index contributed by atoms with van der Waals surface area (Å²) >= 11 is 1.30. The number of nitrogens with zero attached hydrogens (tertiary/aromatic N) is 4. The van der Waals surface area contributed by atoms with Crippen LogP contribution >= 0.6 is 11.8 Å². The fourth-order valence-corrected chi connectivity index (χ4v) is 5.12. The van der Waals surface area contributed by atoms with Gasteiger partial charge in [0.05, 0.1) is 11.3 Å². The lowest BCUT2D eigenvalue weighted by Gasteiger charge is -2.36. The molecule has 180 valence electrons. The normalized spacial score (nSPS) is 13.9. The molecule has 35 heavy (non-hydrogen) atoms. The summed E-state index contributed by atoms with van der Waals surface area (Å²) in [5.41, 5.74) is 6.69. The maximum atomic E-state index is 12.5. The number of amides is 1. The van der Waals surface area contributed by atoms with Crippen molar-refractivity contribution in [3.8, 4) is 6.07 Å². The monoisotopic (exact) mass is 485 g/mol. The molecule has 0 radical (unpaired) electrons. The van der Waals surface area contributed by atoms with Gasteiger partial charge < -0.3 is 10.2 Å². The highest BCUT2D eigenvalue weighted by Gasteiger charge is 2.18. The van der Waals surface area contributed by atoms with Gasteiger partial charge in [-0.15, -0.1) is 0 Å². The largest absolute Gasteiger partial charge is 0.369 e. The summed E-state index contributed by atoms with van der Waals surface area (Å²) in [5, 5.41) is 13.1. The third-order valence-electron chi connectivity index (χ3n) is 6.55. The fourth-order valence-electron chi connectivity index (χ4n) is 4.24. The second kappa shape index (κ2) is 11.4. The average Bonchev–Trinajstić information content (AvgIpc) is 2.88. The van der Waals surface area contributed by atoms with Crippen molar-refractivity contribution >= 4 is 29.0 Å². The molecule has 0 bridgehead atoms. The molecule has 1 amide bonds. The van der Waals surface area contributed by atoms with Gasteiger partial charge in [0.15, 0.2) is 0 Å². The van der Waals surface area contributed by atoms with E-state index in [0.29, 0.717) is 10.6 Å². The first-order chi connectivity index (χ1) is 16.9. The van der Waals surface area contributed by atoms with Crippen LogP contribution in [0.25, 0.3) is 0 Å². The molecular formula is C28H31N5OS. The number of rotatable bonds is 7. The number of nitriles is 1. The number of aromatic nitrogens is 1. The first-order valence-corrected chi connectivity index (χ1v) is 12.8. The van der Waals surface area contributed by atoms with E-state index in [1.165, 1.54) is 23.0 Å². The van der Waals surface area contributed by atoms with Gasteiger partial charge in [0.25, 0.3) is 0 Å². The van der Waals surface area contributed by atoms with E-state index in [-0.39, 0.29) is 11.7 Å². The number of pyridine rings is 1. The molecule has 1 aliphatic heterocycles. The second-order valence-electron chi connectivity index (χ2n) is 8.87. The molecule has 2 heterocycles. The highest BCUT2D eigenvalue weighted by molar-refractivity contribution is 8.00. The summed E-state index contributed by atoms with van der Waals surface area (Å²) in [6.45, 7) is 10.8. The molecule has 1 aliphatic rings. The number of carbonyl (C=O) groups excluding carboxylic acids is 1. The quantitative estimate of drug-likeness (QED) is 0.479. The van der Waals surface area contributed by atoms with Crippen LogP contribution in [0.1, 0.15) is 27.9 Å².